The van der Waals surface area contributed by atoms with Crippen molar-refractivity contribution in [2.24, 2.45) is 0 Å². The Labute approximate surface area is 228 Å². The zero-order chi connectivity index (χ0) is 27.2. The van der Waals surface area contributed by atoms with Crippen molar-refractivity contribution in [3.63, 3.8) is 0 Å². The molecule has 200 valence electrons. The third-order valence-electron chi connectivity index (χ3n) is 6.62. The Morgan fingerprint density at radius 2 is 1.97 bits per heavy atom. The number of hydrogen-bond donors (Lipinski definition) is 1. The van der Waals surface area contributed by atoms with E-state index in [9.17, 15) is 4.79 Å². The topological polar surface area (TPSA) is 82.8 Å². The average molecular weight is 525 g/mol. The minimum absolute atomic E-state index is 0.0482. The van der Waals surface area contributed by atoms with E-state index >= 15 is 0 Å². The van der Waals surface area contributed by atoms with Crippen LogP contribution < -0.4 is 14.8 Å². The summed E-state index contributed by atoms with van der Waals surface area (Å²) in [6.07, 6.45) is 6.48. The average Bonchev–Trinajstić information content (AvgIpc) is 3.45. The van der Waals surface area contributed by atoms with Gasteiger partial charge in [-0.3, -0.25) is 0 Å². The first-order chi connectivity index (χ1) is 19.0. The molecule has 7 nitrogen and oxygen atoms in total. The van der Waals surface area contributed by atoms with Gasteiger partial charge in [-0.1, -0.05) is 54.1 Å². The molecule has 2 heterocycles. The lowest BCUT2D eigenvalue weighted by molar-refractivity contribution is 0.0519. The zero-order valence-corrected chi connectivity index (χ0v) is 22.4. The largest absolute Gasteiger partial charge is 0.493 e. The SMILES string of the molecule is CCOC(=O)c1coc(-c2ccc(/C=C/C3NCCc4cc(OCc5cccc(C)c5)c(OC)cc43)cc2)n1. The predicted octanol–water partition coefficient (Wildman–Crippen LogP) is 6.31. The Morgan fingerprint density at radius 3 is 2.74 bits per heavy atom. The first-order valence-electron chi connectivity index (χ1n) is 13.1. The summed E-state index contributed by atoms with van der Waals surface area (Å²) in [5.41, 5.74) is 6.76. The summed E-state index contributed by atoms with van der Waals surface area (Å²) in [6.45, 7) is 5.49. The van der Waals surface area contributed by atoms with Crippen LogP contribution in [-0.2, 0) is 17.8 Å². The molecule has 39 heavy (non-hydrogen) atoms. The molecule has 7 heteroatoms. The molecule has 1 N–H and O–H groups in total. The number of carbonyl (C=O) groups is 1. The molecule has 5 rings (SSSR count). The van der Waals surface area contributed by atoms with Gasteiger partial charge in [0, 0.05) is 12.1 Å². The Hall–Kier alpha value is -4.36. The van der Waals surface area contributed by atoms with E-state index in [1.165, 1.54) is 23.0 Å². The van der Waals surface area contributed by atoms with Gasteiger partial charge in [0.2, 0.25) is 5.89 Å². The normalized spacial score (nSPS) is 14.7. The molecule has 4 aromatic rings. The predicted molar refractivity (Wildman–Crippen MR) is 150 cm³/mol. The molecule has 0 bridgehead atoms. The van der Waals surface area contributed by atoms with Crippen molar-refractivity contribution in [2.45, 2.75) is 32.9 Å². The molecule has 0 saturated carbocycles. The number of benzene rings is 3. The maximum Gasteiger partial charge on any atom is 0.360 e. The van der Waals surface area contributed by atoms with Crippen LogP contribution in [0.1, 0.15) is 51.3 Å². The lowest BCUT2D eigenvalue weighted by atomic mass is 9.93. The van der Waals surface area contributed by atoms with Crippen LogP contribution >= 0.6 is 0 Å². The summed E-state index contributed by atoms with van der Waals surface area (Å²) < 4.78 is 22.3. The fourth-order valence-electron chi connectivity index (χ4n) is 4.65. The lowest BCUT2D eigenvalue weighted by Crippen LogP contribution is -2.28. The fraction of sp³-hybridized carbons (Fsp3) is 0.250. The van der Waals surface area contributed by atoms with Crippen molar-refractivity contribution in [2.75, 3.05) is 20.3 Å². The summed E-state index contributed by atoms with van der Waals surface area (Å²) in [5, 5.41) is 3.59. The van der Waals surface area contributed by atoms with Gasteiger partial charge in [0.25, 0.3) is 0 Å². The van der Waals surface area contributed by atoms with Gasteiger partial charge in [0.15, 0.2) is 17.2 Å². The first-order valence-corrected chi connectivity index (χ1v) is 13.1. The molecule has 0 spiro atoms. The number of nitrogens with one attached hydrogen (secondary N) is 1. The van der Waals surface area contributed by atoms with Gasteiger partial charge in [-0.05, 0) is 66.8 Å². The molecule has 0 radical (unpaired) electrons. The van der Waals surface area contributed by atoms with Crippen molar-refractivity contribution in [1.82, 2.24) is 10.3 Å². The number of oxazole rings is 1. The highest BCUT2D eigenvalue weighted by molar-refractivity contribution is 5.87. The minimum atomic E-state index is -0.492. The third kappa shape index (κ3) is 6.21. The number of nitrogens with zero attached hydrogens (tertiary/aromatic N) is 1. The molecule has 1 aliphatic rings. The molecule has 1 atom stereocenters. The van der Waals surface area contributed by atoms with Gasteiger partial charge in [-0.25, -0.2) is 9.78 Å². The Morgan fingerprint density at radius 1 is 1.13 bits per heavy atom. The van der Waals surface area contributed by atoms with Crippen molar-refractivity contribution in [3.05, 3.63) is 107 Å². The molecule has 1 unspecified atom stereocenters. The van der Waals surface area contributed by atoms with Crippen molar-refractivity contribution < 1.29 is 23.4 Å². The molecule has 0 saturated heterocycles. The lowest BCUT2D eigenvalue weighted by Gasteiger charge is -2.26. The van der Waals surface area contributed by atoms with Gasteiger partial charge in [0.1, 0.15) is 12.9 Å². The van der Waals surface area contributed by atoms with Gasteiger partial charge in [-0.15, -0.1) is 0 Å². The van der Waals surface area contributed by atoms with E-state index in [1.807, 2.05) is 30.3 Å². The van der Waals surface area contributed by atoms with Crippen LogP contribution in [0.25, 0.3) is 17.5 Å². The third-order valence-corrected chi connectivity index (χ3v) is 6.62. The van der Waals surface area contributed by atoms with Crippen molar-refractivity contribution in [1.29, 1.82) is 0 Å². The van der Waals surface area contributed by atoms with Crippen molar-refractivity contribution in [3.8, 4) is 23.0 Å². The molecule has 1 aromatic heterocycles. The van der Waals surface area contributed by atoms with Crippen LogP contribution in [-0.4, -0.2) is 31.2 Å². The summed E-state index contributed by atoms with van der Waals surface area (Å²) in [6, 6.07) is 20.4. The van der Waals surface area contributed by atoms with E-state index in [2.05, 4.69) is 59.7 Å². The second-order valence-corrected chi connectivity index (χ2v) is 9.40. The Balaban J connectivity index is 1.29. The minimum Gasteiger partial charge on any atom is -0.493 e. The summed E-state index contributed by atoms with van der Waals surface area (Å²) in [4.78, 5) is 16.1. The van der Waals surface area contributed by atoms with Gasteiger partial charge < -0.3 is 23.9 Å². The number of esters is 1. The molecule has 0 fully saturated rings. The Kier molecular flexibility index (Phi) is 8.08. The number of aromatic nitrogens is 1. The summed E-state index contributed by atoms with van der Waals surface area (Å²) in [7, 11) is 1.67. The number of ether oxygens (including phenoxy) is 3. The van der Waals surface area contributed by atoms with Crippen LogP contribution in [0.4, 0.5) is 0 Å². The van der Waals surface area contributed by atoms with E-state index in [1.54, 1.807) is 14.0 Å². The number of aryl methyl sites for hydroxylation is 1. The van der Waals surface area contributed by atoms with Crippen LogP contribution in [0.3, 0.4) is 0 Å². The molecule has 0 amide bonds. The molecule has 1 aliphatic heterocycles. The summed E-state index contributed by atoms with van der Waals surface area (Å²) in [5.74, 6) is 1.37. The maximum atomic E-state index is 11.9. The highest BCUT2D eigenvalue weighted by Crippen LogP contribution is 2.36. The van der Waals surface area contributed by atoms with E-state index in [-0.39, 0.29) is 18.3 Å². The van der Waals surface area contributed by atoms with Crippen LogP contribution in [0.2, 0.25) is 0 Å². The number of hydrogen-bond acceptors (Lipinski definition) is 7. The number of methoxy groups -OCH3 is 1. The monoisotopic (exact) mass is 524 g/mol. The van der Waals surface area contributed by atoms with Crippen molar-refractivity contribution >= 4 is 12.0 Å². The van der Waals surface area contributed by atoms with E-state index in [0.29, 0.717) is 12.5 Å². The quantitative estimate of drug-likeness (QED) is 0.257. The van der Waals surface area contributed by atoms with Gasteiger partial charge in [-0.2, -0.15) is 0 Å². The van der Waals surface area contributed by atoms with E-state index in [0.717, 1.165) is 41.2 Å². The van der Waals surface area contributed by atoms with Crippen LogP contribution in [0.15, 0.2) is 77.4 Å². The zero-order valence-electron chi connectivity index (χ0n) is 22.4. The highest BCUT2D eigenvalue weighted by Gasteiger charge is 2.21. The second kappa shape index (κ2) is 12.0. The summed E-state index contributed by atoms with van der Waals surface area (Å²) >= 11 is 0. The van der Waals surface area contributed by atoms with Gasteiger partial charge in [0.05, 0.1) is 19.8 Å². The highest BCUT2D eigenvalue weighted by atomic mass is 16.5. The number of fused-ring (bicyclic) bond motifs is 1. The molecular formula is C32H32N2O5. The first kappa shape index (κ1) is 26.3. The maximum absolute atomic E-state index is 11.9. The van der Waals surface area contributed by atoms with Crippen LogP contribution in [0, 0.1) is 6.92 Å². The smallest absolute Gasteiger partial charge is 0.360 e. The van der Waals surface area contributed by atoms with E-state index in [4.69, 9.17) is 18.6 Å². The fourth-order valence-corrected chi connectivity index (χ4v) is 4.65. The number of rotatable bonds is 9. The standard InChI is InChI=1S/C32H32N2O5/c1-4-37-32(35)28-20-39-31(34-28)24-11-8-22(9-12-24)10-13-27-26-18-29(36-3)30(17-25(26)14-15-33-27)38-19-23-7-5-6-21(2)16-23/h5-13,16-18,20,27,33H,4,14-15,19H2,1-3H3/b13-10+. The van der Waals surface area contributed by atoms with Gasteiger partial charge >= 0.3 is 5.97 Å². The molecule has 3 aromatic carbocycles. The number of carbonyl (C=O) groups excluding carboxylic acids is 1. The van der Waals surface area contributed by atoms with Crippen LogP contribution in [0.5, 0.6) is 11.5 Å². The van der Waals surface area contributed by atoms with E-state index < -0.39 is 5.97 Å². The molecular weight excluding hydrogens is 492 g/mol. The Bertz CT molecular complexity index is 1470. The molecule has 0 aliphatic carbocycles. The second-order valence-electron chi connectivity index (χ2n) is 9.40.